The van der Waals surface area contributed by atoms with Crippen LogP contribution < -0.4 is 4.74 Å². The van der Waals surface area contributed by atoms with E-state index in [4.69, 9.17) is 9.72 Å². The van der Waals surface area contributed by atoms with Crippen LogP contribution in [0.3, 0.4) is 0 Å². The molecule has 0 atom stereocenters. The van der Waals surface area contributed by atoms with Gasteiger partial charge in [-0.2, -0.15) is 0 Å². The van der Waals surface area contributed by atoms with Gasteiger partial charge in [-0.05, 0) is 35.6 Å². The zero-order valence-corrected chi connectivity index (χ0v) is 19.7. The Morgan fingerprint density at radius 3 is 1.83 bits per heavy atom. The molecule has 0 amide bonds. The minimum absolute atomic E-state index is 0.213. The van der Waals surface area contributed by atoms with Crippen LogP contribution in [0.4, 0.5) is 0 Å². The highest BCUT2D eigenvalue weighted by molar-refractivity contribution is 5.84. The standard InChI is InChI=1S/C31H25N3O2/c35-21-29-27(18-19-30(33-29)36-26-16-17-26)28-20-34(22-32-28)31(23-10-4-1-5-11-23,24-12-6-2-7-13-24)25-14-8-3-9-15-25/h1-15,18-22,26H,16-17H2. The van der Waals surface area contributed by atoms with Crippen LogP contribution in [0, 0.1) is 0 Å². The van der Waals surface area contributed by atoms with Gasteiger partial charge in [-0.1, -0.05) is 91.0 Å². The Balaban J connectivity index is 1.54. The second-order valence-corrected chi connectivity index (χ2v) is 8.99. The molecule has 0 bridgehead atoms. The highest BCUT2D eigenvalue weighted by atomic mass is 16.5. The number of imidazole rings is 1. The summed E-state index contributed by atoms with van der Waals surface area (Å²) in [4.78, 5) is 21.2. The lowest BCUT2D eigenvalue weighted by molar-refractivity contribution is 0.111. The Kier molecular flexibility index (Phi) is 5.66. The maximum atomic E-state index is 12.0. The van der Waals surface area contributed by atoms with Crippen molar-refractivity contribution in [1.82, 2.24) is 14.5 Å². The summed E-state index contributed by atoms with van der Waals surface area (Å²) in [5.74, 6) is 0.481. The number of rotatable bonds is 8. The molecule has 0 N–H and O–H groups in total. The van der Waals surface area contributed by atoms with Gasteiger partial charge in [0.25, 0.3) is 0 Å². The van der Waals surface area contributed by atoms with Crippen molar-refractivity contribution in [1.29, 1.82) is 0 Å². The molecule has 0 spiro atoms. The number of nitrogens with zero attached hydrogens (tertiary/aromatic N) is 3. The molecule has 6 rings (SSSR count). The number of aldehydes is 1. The monoisotopic (exact) mass is 471 g/mol. The van der Waals surface area contributed by atoms with E-state index >= 15 is 0 Å². The maximum absolute atomic E-state index is 12.0. The first-order valence-electron chi connectivity index (χ1n) is 12.1. The third-order valence-electron chi connectivity index (χ3n) is 6.64. The number of carbonyl (C=O) groups excluding carboxylic acids is 1. The van der Waals surface area contributed by atoms with Crippen LogP contribution in [-0.4, -0.2) is 26.9 Å². The van der Waals surface area contributed by atoms with Crippen LogP contribution in [-0.2, 0) is 5.54 Å². The fourth-order valence-electron chi connectivity index (χ4n) is 4.82. The van der Waals surface area contributed by atoms with Crippen molar-refractivity contribution in [3.05, 3.63) is 138 Å². The zero-order chi connectivity index (χ0) is 24.4. The van der Waals surface area contributed by atoms with Gasteiger partial charge < -0.3 is 9.30 Å². The normalized spacial score (nSPS) is 13.3. The smallest absolute Gasteiger partial charge is 0.214 e. The molecule has 2 heterocycles. The predicted octanol–water partition coefficient (Wildman–Crippen LogP) is 6.14. The molecule has 0 unspecified atom stereocenters. The minimum Gasteiger partial charge on any atom is -0.474 e. The maximum Gasteiger partial charge on any atom is 0.214 e. The van der Waals surface area contributed by atoms with Crippen molar-refractivity contribution in [2.24, 2.45) is 0 Å². The van der Waals surface area contributed by atoms with Crippen molar-refractivity contribution in [2.45, 2.75) is 24.5 Å². The molecule has 36 heavy (non-hydrogen) atoms. The first kappa shape index (κ1) is 22.0. The van der Waals surface area contributed by atoms with E-state index in [-0.39, 0.29) is 6.10 Å². The summed E-state index contributed by atoms with van der Waals surface area (Å²) in [7, 11) is 0. The van der Waals surface area contributed by atoms with Gasteiger partial charge >= 0.3 is 0 Å². The van der Waals surface area contributed by atoms with Crippen LogP contribution in [0.15, 0.2) is 116 Å². The summed E-state index contributed by atoms with van der Waals surface area (Å²) >= 11 is 0. The van der Waals surface area contributed by atoms with E-state index in [2.05, 4.69) is 82.3 Å². The summed E-state index contributed by atoms with van der Waals surface area (Å²) < 4.78 is 7.93. The Hall–Kier alpha value is -4.51. The van der Waals surface area contributed by atoms with E-state index in [9.17, 15) is 4.79 Å². The predicted molar refractivity (Wildman–Crippen MR) is 139 cm³/mol. The number of pyridine rings is 1. The minimum atomic E-state index is -0.668. The summed E-state index contributed by atoms with van der Waals surface area (Å²) in [5.41, 5.74) is 4.32. The van der Waals surface area contributed by atoms with Gasteiger partial charge in [-0.15, -0.1) is 0 Å². The fourth-order valence-corrected chi connectivity index (χ4v) is 4.82. The highest BCUT2D eigenvalue weighted by Crippen LogP contribution is 2.41. The summed E-state index contributed by atoms with van der Waals surface area (Å²) in [5, 5.41) is 0. The van der Waals surface area contributed by atoms with Gasteiger partial charge in [0.15, 0.2) is 6.29 Å². The molecule has 2 aromatic heterocycles. The van der Waals surface area contributed by atoms with Crippen LogP contribution in [0.25, 0.3) is 11.3 Å². The van der Waals surface area contributed by atoms with Gasteiger partial charge in [0, 0.05) is 17.8 Å². The van der Waals surface area contributed by atoms with E-state index in [1.807, 2.05) is 42.9 Å². The van der Waals surface area contributed by atoms with Crippen molar-refractivity contribution in [2.75, 3.05) is 0 Å². The number of ether oxygens (including phenoxy) is 1. The number of benzene rings is 3. The first-order valence-corrected chi connectivity index (χ1v) is 12.1. The molecule has 1 saturated carbocycles. The van der Waals surface area contributed by atoms with Gasteiger partial charge in [-0.3, -0.25) is 4.79 Å². The molecule has 5 heteroatoms. The fraction of sp³-hybridized carbons (Fsp3) is 0.129. The van der Waals surface area contributed by atoms with Crippen molar-refractivity contribution >= 4 is 6.29 Å². The second kappa shape index (κ2) is 9.27. The van der Waals surface area contributed by atoms with Gasteiger partial charge in [-0.25, -0.2) is 9.97 Å². The molecule has 0 aliphatic heterocycles. The van der Waals surface area contributed by atoms with Crippen LogP contribution >= 0.6 is 0 Å². The SMILES string of the molecule is O=Cc1nc(OC2CC2)ccc1-c1cn(C(c2ccccc2)(c2ccccc2)c2ccccc2)cn1. The first-order chi connectivity index (χ1) is 17.8. The van der Waals surface area contributed by atoms with E-state index in [1.165, 1.54) is 0 Å². The third-order valence-corrected chi connectivity index (χ3v) is 6.64. The third kappa shape index (κ3) is 3.89. The molecule has 0 saturated heterocycles. The molecule has 5 aromatic rings. The van der Waals surface area contributed by atoms with E-state index in [0.717, 1.165) is 35.8 Å². The van der Waals surface area contributed by atoms with Crippen molar-refractivity contribution < 1.29 is 9.53 Å². The van der Waals surface area contributed by atoms with Crippen molar-refractivity contribution in [3.8, 4) is 17.1 Å². The van der Waals surface area contributed by atoms with Crippen molar-refractivity contribution in [3.63, 3.8) is 0 Å². The van der Waals surface area contributed by atoms with E-state index in [0.29, 0.717) is 22.8 Å². The Bertz CT molecular complexity index is 1380. The van der Waals surface area contributed by atoms with E-state index < -0.39 is 5.54 Å². The van der Waals surface area contributed by atoms with Crippen LogP contribution in [0.1, 0.15) is 40.0 Å². The van der Waals surface area contributed by atoms with Gasteiger partial charge in [0.05, 0.1) is 12.0 Å². The lowest BCUT2D eigenvalue weighted by Crippen LogP contribution is -2.36. The Morgan fingerprint density at radius 1 is 0.778 bits per heavy atom. The molecular formula is C31H25N3O2. The second-order valence-electron chi connectivity index (χ2n) is 8.99. The Labute approximate surface area is 210 Å². The number of hydrogen-bond donors (Lipinski definition) is 0. The molecule has 1 fully saturated rings. The lowest BCUT2D eigenvalue weighted by Gasteiger charge is -2.37. The van der Waals surface area contributed by atoms with Gasteiger partial charge in [0.2, 0.25) is 5.88 Å². The average molecular weight is 472 g/mol. The van der Waals surface area contributed by atoms with Crippen LogP contribution in [0.5, 0.6) is 5.88 Å². The zero-order valence-electron chi connectivity index (χ0n) is 19.7. The quantitative estimate of drug-likeness (QED) is 0.202. The molecule has 176 valence electrons. The molecular weight excluding hydrogens is 446 g/mol. The van der Waals surface area contributed by atoms with Gasteiger partial charge in [0.1, 0.15) is 17.3 Å². The number of carbonyl (C=O) groups is 1. The highest BCUT2D eigenvalue weighted by Gasteiger charge is 2.38. The summed E-state index contributed by atoms with van der Waals surface area (Å²) in [6, 6.07) is 34.9. The largest absolute Gasteiger partial charge is 0.474 e. The summed E-state index contributed by atoms with van der Waals surface area (Å²) in [6.45, 7) is 0. The summed E-state index contributed by atoms with van der Waals surface area (Å²) in [6.07, 6.45) is 6.89. The topological polar surface area (TPSA) is 57.0 Å². The average Bonchev–Trinajstić information content (AvgIpc) is 3.63. The number of aromatic nitrogens is 3. The number of hydrogen-bond acceptors (Lipinski definition) is 4. The van der Waals surface area contributed by atoms with E-state index in [1.54, 1.807) is 0 Å². The molecule has 1 aliphatic rings. The molecule has 1 aliphatic carbocycles. The molecule has 0 radical (unpaired) electrons. The Morgan fingerprint density at radius 2 is 1.33 bits per heavy atom. The molecule has 5 nitrogen and oxygen atoms in total. The lowest BCUT2D eigenvalue weighted by atomic mass is 9.77. The molecule has 3 aromatic carbocycles. The van der Waals surface area contributed by atoms with Crippen LogP contribution in [0.2, 0.25) is 0 Å².